The Labute approximate surface area is 115 Å². The highest BCUT2D eigenvalue weighted by Gasteiger charge is 2.04. The average molecular weight is 267 g/mol. The third kappa shape index (κ3) is 2.77. The number of urea groups is 1. The number of nitrogens with zero attached hydrogens (tertiary/aromatic N) is 1. The smallest absolute Gasteiger partial charge is 0.319 e. The molecule has 1 aromatic carbocycles. The highest BCUT2D eigenvalue weighted by molar-refractivity contribution is 5.92. The molecule has 0 radical (unpaired) electrons. The molecule has 0 spiro atoms. The van der Waals surface area contributed by atoms with Gasteiger partial charge in [0.05, 0.1) is 18.3 Å². The van der Waals surface area contributed by atoms with Crippen LogP contribution in [0, 0.1) is 0 Å². The molecule has 2 amide bonds. The highest BCUT2D eigenvalue weighted by atomic mass is 16.3. The largest absolute Gasteiger partial charge is 0.467 e. The van der Waals surface area contributed by atoms with Crippen molar-refractivity contribution < 1.29 is 9.21 Å². The number of hydrogen-bond acceptors (Lipinski definition) is 3. The number of carbonyl (C=O) groups is 1. The average Bonchev–Trinajstić information content (AvgIpc) is 2.98. The van der Waals surface area contributed by atoms with Gasteiger partial charge < -0.3 is 15.1 Å². The van der Waals surface area contributed by atoms with Crippen LogP contribution in [0.2, 0.25) is 0 Å². The number of hydrogen-bond donors (Lipinski definition) is 2. The fraction of sp³-hybridized carbons (Fsp3) is 0.0667. The van der Waals surface area contributed by atoms with Gasteiger partial charge >= 0.3 is 6.03 Å². The van der Waals surface area contributed by atoms with E-state index in [1.807, 2.05) is 30.3 Å². The summed E-state index contributed by atoms with van der Waals surface area (Å²) < 4.78 is 5.14. The minimum Gasteiger partial charge on any atom is -0.467 e. The van der Waals surface area contributed by atoms with Crippen LogP contribution in [0.15, 0.2) is 59.3 Å². The predicted molar refractivity (Wildman–Crippen MR) is 76.3 cm³/mol. The molecule has 0 aliphatic heterocycles. The summed E-state index contributed by atoms with van der Waals surface area (Å²) in [4.78, 5) is 16.0. The first-order chi connectivity index (χ1) is 9.81. The van der Waals surface area contributed by atoms with Crippen LogP contribution in [0.3, 0.4) is 0 Å². The molecular formula is C15H13N3O2. The summed E-state index contributed by atoms with van der Waals surface area (Å²) in [5, 5.41) is 6.52. The fourth-order valence-electron chi connectivity index (χ4n) is 1.90. The molecular weight excluding hydrogens is 254 g/mol. The molecule has 0 saturated heterocycles. The lowest BCUT2D eigenvalue weighted by molar-refractivity contribution is 0.251. The van der Waals surface area contributed by atoms with E-state index < -0.39 is 0 Å². The van der Waals surface area contributed by atoms with E-state index in [9.17, 15) is 4.79 Å². The number of benzene rings is 1. The number of fused-ring (bicyclic) bond motifs is 1. The molecule has 100 valence electrons. The Morgan fingerprint density at radius 2 is 2.15 bits per heavy atom. The van der Waals surface area contributed by atoms with E-state index in [-0.39, 0.29) is 6.03 Å². The number of anilines is 1. The zero-order valence-corrected chi connectivity index (χ0v) is 10.7. The van der Waals surface area contributed by atoms with Crippen LogP contribution in [0.5, 0.6) is 0 Å². The number of pyridine rings is 1. The van der Waals surface area contributed by atoms with E-state index in [1.54, 1.807) is 24.6 Å². The van der Waals surface area contributed by atoms with Gasteiger partial charge in [-0.3, -0.25) is 4.98 Å². The number of amides is 2. The van der Waals surface area contributed by atoms with Crippen molar-refractivity contribution in [1.29, 1.82) is 0 Å². The van der Waals surface area contributed by atoms with E-state index in [1.165, 1.54) is 0 Å². The van der Waals surface area contributed by atoms with Crippen LogP contribution < -0.4 is 10.6 Å². The third-order valence-electron chi connectivity index (χ3n) is 2.87. The molecule has 5 heteroatoms. The maximum atomic E-state index is 11.8. The molecule has 2 heterocycles. The SMILES string of the molecule is O=C(NCc1ccco1)Nc1ccc2cccnc2c1. The molecule has 5 nitrogen and oxygen atoms in total. The van der Waals surface area contributed by atoms with Gasteiger partial charge in [-0.05, 0) is 30.3 Å². The molecule has 0 fully saturated rings. The second kappa shape index (κ2) is 5.44. The van der Waals surface area contributed by atoms with Gasteiger partial charge in [0.25, 0.3) is 0 Å². The highest BCUT2D eigenvalue weighted by Crippen LogP contribution is 2.16. The number of furan rings is 1. The quantitative estimate of drug-likeness (QED) is 0.766. The van der Waals surface area contributed by atoms with Crippen LogP contribution in [-0.2, 0) is 6.54 Å². The van der Waals surface area contributed by atoms with Crippen LogP contribution >= 0.6 is 0 Å². The van der Waals surface area contributed by atoms with Crippen molar-refractivity contribution in [3.05, 3.63) is 60.7 Å². The monoisotopic (exact) mass is 267 g/mol. The Morgan fingerprint density at radius 1 is 1.20 bits per heavy atom. The van der Waals surface area contributed by atoms with Gasteiger partial charge in [0.1, 0.15) is 5.76 Å². The Balaban J connectivity index is 1.65. The standard InChI is InChI=1S/C15H13N3O2/c19-15(17-10-13-4-2-8-20-13)18-12-6-5-11-3-1-7-16-14(11)9-12/h1-9H,10H2,(H2,17,18,19). The van der Waals surface area contributed by atoms with Gasteiger partial charge in [-0.25, -0.2) is 4.79 Å². The van der Waals surface area contributed by atoms with Gasteiger partial charge in [-0.2, -0.15) is 0 Å². The molecule has 20 heavy (non-hydrogen) atoms. The Morgan fingerprint density at radius 3 is 3.00 bits per heavy atom. The van der Waals surface area contributed by atoms with Gasteiger partial charge in [0.15, 0.2) is 0 Å². The van der Waals surface area contributed by atoms with E-state index in [0.717, 1.165) is 10.9 Å². The van der Waals surface area contributed by atoms with E-state index >= 15 is 0 Å². The molecule has 3 rings (SSSR count). The lowest BCUT2D eigenvalue weighted by atomic mass is 10.2. The molecule has 2 N–H and O–H groups in total. The van der Waals surface area contributed by atoms with E-state index in [4.69, 9.17) is 4.42 Å². The second-order valence-electron chi connectivity index (χ2n) is 4.30. The number of aromatic nitrogens is 1. The number of nitrogens with one attached hydrogen (secondary N) is 2. The van der Waals surface area contributed by atoms with Crippen molar-refractivity contribution in [2.24, 2.45) is 0 Å². The fourth-order valence-corrected chi connectivity index (χ4v) is 1.90. The zero-order valence-electron chi connectivity index (χ0n) is 10.7. The van der Waals surface area contributed by atoms with Gasteiger partial charge in [0.2, 0.25) is 0 Å². The van der Waals surface area contributed by atoms with Crippen molar-refractivity contribution in [2.45, 2.75) is 6.54 Å². The first kappa shape index (κ1) is 12.2. The van der Waals surface area contributed by atoms with E-state index in [2.05, 4.69) is 15.6 Å². The molecule has 3 aromatic rings. The maximum absolute atomic E-state index is 11.8. The van der Waals surface area contributed by atoms with Crippen molar-refractivity contribution in [1.82, 2.24) is 10.3 Å². The lowest BCUT2D eigenvalue weighted by Crippen LogP contribution is -2.27. The van der Waals surface area contributed by atoms with Crippen molar-refractivity contribution >= 4 is 22.6 Å². The lowest BCUT2D eigenvalue weighted by Gasteiger charge is -2.07. The summed E-state index contributed by atoms with van der Waals surface area (Å²) in [6.07, 6.45) is 3.30. The Kier molecular flexibility index (Phi) is 3.33. The van der Waals surface area contributed by atoms with Crippen molar-refractivity contribution in [3.8, 4) is 0 Å². The first-order valence-corrected chi connectivity index (χ1v) is 6.23. The summed E-state index contributed by atoms with van der Waals surface area (Å²) in [6.45, 7) is 0.352. The molecule has 0 aliphatic carbocycles. The summed E-state index contributed by atoms with van der Waals surface area (Å²) in [5.41, 5.74) is 1.55. The molecule has 0 bridgehead atoms. The van der Waals surface area contributed by atoms with Gasteiger partial charge in [-0.1, -0.05) is 12.1 Å². The summed E-state index contributed by atoms with van der Waals surface area (Å²) in [6, 6.07) is 12.8. The van der Waals surface area contributed by atoms with Crippen LogP contribution in [0.1, 0.15) is 5.76 Å². The molecule has 0 aliphatic rings. The first-order valence-electron chi connectivity index (χ1n) is 6.23. The van der Waals surface area contributed by atoms with Crippen LogP contribution in [0.25, 0.3) is 10.9 Å². The van der Waals surface area contributed by atoms with E-state index in [0.29, 0.717) is 18.0 Å². The normalized spacial score (nSPS) is 10.4. The van der Waals surface area contributed by atoms with Gasteiger partial charge in [0, 0.05) is 17.3 Å². The second-order valence-corrected chi connectivity index (χ2v) is 4.30. The zero-order chi connectivity index (χ0) is 13.8. The minimum absolute atomic E-state index is 0.281. The third-order valence-corrected chi connectivity index (χ3v) is 2.87. The predicted octanol–water partition coefficient (Wildman–Crippen LogP) is 3.15. The van der Waals surface area contributed by atoms with Crippen LogP contribution in [0.4, 0.5) is 10.5 Å². The van der Waals surface area contributed by atoms with Crippen molar-refractivity contribution in [3.63, 3.8) is 0 Å². The van der Waals surface area contributed by atoms with Crippen LogP contribution in [-0.4, -0.2) is 11.0 Å². The molecule has 0 unspecified atom stereocenters. The molecule has 0 atom stereocenters. The summed E-state index contributed by atoms with van der Waals surface area (Å²) in [7, 11) is 0. The number of carbonyl (C=O) groups excluding carboxylic acids is 1. The Bertz CT molecular complexity index is 723. The minimum atomic E-state index is -0.281. The van der Waals surface area contributed by atoms with Gasteiger partial charge in [-0.15, -0.1) is 0 Å². The Hall–Kier alpha value is -2.82. The number of rotatable bonds is 3. The summed E-state index contributed by atoms with van der Waals surface area (Å²) >= 11 is 0. The topological polar surface area (TPSA) is 67.2 Å². The van der Waals surface area contributed by atoms with Crippen molar-refractivity contribution in [2.75, 3.05) is 5.32 Å². The maximum Gasteiger partial charge on any atom is 0.319 e. The summed E-state index contributed by atoms with van der Waals surface area (Å²) in [5.74, 6) is 0.709. The molecule has 2 aromatic heterocycles. The molecule has 0 saturated carbocycles.